The van der Waals surface area contributed by atoms with Gasteiger partial charge in [0.1, 0.15) is 6.10 Å². The molecule has 1 aromatic carbocycles. The molecule has 6 heteroatoms. The van der Waals surface area contributed by atoms with Crippen LogP contribution in [0.5, 0.6) is 0 Å². The summed E-state index contributed by atoms with van der Waals surface area (Å²) in [5, 5.41) is 2.89. The van der Waals surface area contributed by atoms with E-state index in [1.54, 1.807) is 6.20 Å². The number of nitrogens with zero attached hydrogens (tertiary/aromatic N) is 3. The fourth-order valence-electron chi connectivity index (χ4n) is 4.40. The molecule has 5 rings (SSSR count). The Morgan fingerprint density at radius 2 is 1.96 bits per heavy atom. The van der Waals surface area contributed by atoms with Crippen LogP contribution in [0, 0.1) is 5.92 Å². The fraction of sp³-hybridized carbons (Fsp3) is 0.455. The molecule has 2 atom stereocenters. The Kier molecular flexibility index (Phi) is 5.48. The zero-order valence-electron chi connectivity index (χ0n) is 16.5. The van der Waals surface area contributed by atoms with E-state index in [2.05, 4.69) is 21.3 Å². The first-order valence-electron chi connectivity index (χ1n) is 9.98. The van der Waals surface area contributed by atoms with Gasteiger partial charge in [0, 0.05) is 43.8 Å². The minimum atomic E-state index is -0.368. The van der Waals surface area contributed by atoms with Crippen LogP contribution in [0.4, 0.5) is 16.2 Å². The Morgan fingerprint density at radius 1 is 1.21 bits per heavy atom. The molecule has 2 bridgehead atoms. The monoisotopic (exact) mass is 380 g/mol. The highest BCUT2D eigenvalue weighted by molar-refractivity contribution is 5.85. The van der Waals surface area contributed by atoms with Gasteiger partial charge in [-0.25, -0.2) is 4.79 Å². The molecule has 0 aliphatic carbocycles. The molecule has 0 spiro atoms. The Morgan fingerprint density at radius 3 is 2.61 bits per heavy atom. The van der Waals surface area contributed by atoms with Crippen molar-refractivity contribution in [3.63, 3.8) is 0 Å². The molecule has 3 aliphatic rings. The summed E-state index contributed by atoms with van der Waals surface area (Å²) in [6.07, 6.45) is 6.31. The molecule has 1 N–H and O–H groups in total. The summed E-state index contributed by atoms with van der Waals surface area (Å²) < 4.78 is 5.97. The summed E-state index contributed by atoms with van der Waals surface area (Å²) in [4.78, 5) is 21.3. The van der Waals surface area contributed by atoms with Gasteiger partial charge in [0.2, 0.25) is 0 Å². The molecule has 28 heavy (non-hydrogen) atoms. The maximum Gasteiger partial charge on any atom is 0.411 e. The number of piperidine rings is 3. The first-order valence-corrected chi connectivity index (χ1v) is 9.98. The number of ether oxygens (including phenoxy) is 1. The molecule has 3 saturated heterocycles. The van der Waals surface area contributed by atoms with Gasteiger partial charge in [0.05, 0.1) is 6.04 Å². The van der Waals surface area contributed by atoms with E-state index in [1.807, 2.05) is 55.5 Å². The van der Waals surface area contributed by atoms with E-state index in [0.29, 0.717) is 5.92 Å². The zero-order valence-corrected chi connectivity index (χ0v) is 16.5. The molecule has 4 heterocycles. The number of hydrogen-bond donors (Lipinski definition) is 1. The third-order valence-electron chi connectivity index (χ3n) is 5.93. The number of anilines is 2. The number of carbonyl (C=O) groups excluding carboxylic acids is 1. The second kappa shape index (κ2) is 8.19. The van der Waals surface area contributed by atoms with Crippen LogP contribution in [0.3, 0.4) is 0 Å². The standard InChI is InChI=1S/C22H28N4O2/c1-25(2)19-7-5-18(6-8-19)24-22(27)28-21-17-9-12-26(13-10-17)20(21)14-16-4-3-11-23-15-16/h3-8,11,15,17,20-21H,9-10,12-14H2,1-2H3,(H,24,27). The number of benzene rings is 1. The van der Waals surface area contributed by atoms with E-state index in [1.165, 1.54) is 5.56 Å². The van der Waals surface area contributed by atoms with E-state index >= 15 is 0 Å². The topological polar surface area (TPSA) is 57.7 Å². The highest BCUT2D eigenvalue weighted by Crippen LogP contribution is 2.36. The molecule has 2 aromatic rings. The van der Waals surface area contributed by atoms with Gasteiger partial charge in [0.15, 0.2) is 0 Å². The van der Waals surface area contributed by atoms with Gasteiger partial charge in [0.25, 0.3) is 0 Å². The number of amides is 1. The molecule has 3 fully saturated rings. The first-order chi connectivity index (χ1) is 13.6. The molecular formula is C22H28N4O2. The van der Waals surface area contributed by atoms with Crippen molar-refractivity contribution in [2.45, 2.75) is 31.4 Å². The highest BCUT2D eigenvalue weighted by atomic mass is 16.6. The lowest BCUT2D eigenvalue weighted by atomic mass is 9.78. The van der Waals surface area contributed by atoms with Crippen LogP contribution in [0.1, 0.15) is 18.4 Å². The average Bonchev–Trinajstić information content (AvgIpc) is 2.71. The Labute approximate surface area is 166 Å². The third-order valence-corrected chi connectivity index (χ3v) is 5.93. The minimum Gasteiger partial charge on any atom is -0.444 e. The van der Waals surface area contributed by atoms with Gasteiger partial charge in [-0.15, -0.1) is 0 Å². The number of rotatable bonds is 5. The fourth-order valence-corrected chi connectivity index (χ4v) is 4.40. The number of nitrogens with one attached hydrogen (secondary N) is 1. The predicted molar refractivity (Wildman–Crippen MR) is 111 cm³/mol. The third kappa shape index (κ3) is 4.12. The van der Waals surface area contributed by atoms with Crippen molar-refractivity contribution >= 4 is 17.5 Å². The van der Waals surface area contributed by atoms with E-state index in [-0.39, 0.29) is 18.2 Å². The molecule has 1 amide bonds. The summed E-state index contributed by atoms with van der Waals surface area (Å²) in [5.74, 6) is 0.438. The largest absolute Gasteiger partial charge is 0.444 e. The second-order valence-corrected chi connectivity index (χ2v) is 7.94. The molecular weight excluding hydrogens is 352 g/mol. The predicted octanol–water partition coefficient (Wildman–Crippen LogP) is 3.40. The Hall–Kier alpha value is -2.60. The van der Waals surface area contributed by atoms with E-state index in [0.717, 1.165) is 43.7 Å². The summed E-state index contributed by atoms with van der Waals surface area (Å²) in [7, 11) is 3.99. The smallest absolute Gasteiger partial charge is 0.411 e. The van der Waals surface area contributed by atoms with E-state index in [4.69, 9.17) is 4.74 Å². The summed E-state index contributed by atoms with van der Waals surface area (Å²) in [6.45, 7) is 2.17. The van der Waals surface area contributed by atoms with Crippen LogP contribution in [-0.2, 0) is 11.2 Å². The van der Waals surface area contributed by atoms with Crippen molar-refractivity contribution in [1.29, 1.82) is 0 Å². The minimum absolute atomic E-state index is 0.0799. The first kappa shape index (κ1) is 18.7. The molecule has 2 unspecified atom stereocenters. The van der Waals surface area contributed by atoms with Crippen molar-refractivity contribution < 1.29 is 9.53 Å². The summed E-state index contributed by atoms with van der Waals surface area (Å²) in [5.41, 5.74) is 3.03. The molecule has 6 nitrogen and oxygen atoms in total. The number of hydrogen-bond acceptors (Lipinski definition) is 5. The summed E-state index contributed by atoms with van der Waals surface area (Å²) >= 11 is 0. The van der Waals surface area contributed by atoms with Crippen LogP contribution < -0.4 is 10.2 Å². The average molecular weight is 380 g/mol. The van der Waals surface area contributed by atoms with Crippen molar-refractivity contribution in [2.75, 3.05) is 37.4 Å². The second-order valence-electron chi connectivity index (χ2n) is 7.94. The number of carbonyl (C=O) groups is 1. The van der Waals surface area contributed by atoms with Crippen LogP contribution in [-0.4, -0.2) is 55.3 Å². The SMILES string of the molecule is CN(C)c1ccc(NC(=O)OC2C3CCN(CC3)C2Cc2cccnc2)cc1. The van der Waals surface area contributed by atoms with Gasteiger partial charge in [-0.05, 0) is 68.2 Å². The maximum absolute atomic E-state index is 12.6. The molecule has 0 radical (unpaired) electrons. The van der Waals surface area contributed by atoms with E-state index in [9.17, 15) is 4.79 Å². The number of aromatic nitrogens is 1. The van der Waals surface area contributed by atoms with Crippen LogP contribution in [0.25, 0.3) is 0 Å². The Bertz CT molecular complexity index is 786. The van der Waals surface area contributed by atoms with Gasteiger partial charge in [-0.2, -0.15) is 0 Å². The number of pyridine rings is 1. The lowest BCUT2D eigenvalue weighted by Crippen LogP contribution is -2.60. The Balaban J connectivity index is 1.42. The van der Waals surface area contributed by atoms with Crippen LogP contribution >= 0.6 is 0 Å². The van der Waals surface area contributed by atoms with E-state index < -0.39 is 0 Å². The molecule has 148 valence electrons. The zero-order chi connectivity index (χ0) is 19.5. The lowest BCUT2D eigenvalue weighted by Gasteiger charge is -2.50. The molecule has 3 aliphatic heterocycles. The van der Waals surface area contributed by atoms with Crippen LogP contribution in [0.15, 0.2) is 48.8 Å². The van der Waals surface area contributed by atoms with Gasteiger partial charge in [-0.1, -0.05) is 6.07 Å². The quantitative estimate of drug-likeness (QED) is 0.862. The maximum atomic E-state index is 12.6. The van der Waals surface area contributed by atoms with Gasteiger partial charge in [-0.3, -0.25) is 15.2 Å². The van der Waals surface area contributed by atoms with Crippen LogP contribution in [0.2, 0.25) is 0 Å². The molecule has 1 aromatic heterocycles. The van der Waals surface area contributed by atoms with Crippen molar-refractivity contribution in [2.24, 2.45) is 5.92 Å². The van der Waals surface area contributed by atoms with Crippen molar-refractivity contribution in [3.05, 3.63) is 54.4 Å². The van der Waals surface area contributed by atoms with Crippen molar-refractivity contribution in [1.82, 2.24) is 9.88 Å². The number of fused-ring (bicyclic) bond motifs is 3. The molecule has 0 saturated carbocycles. The highest BCUT2D eigenvalue weighted by Gasteiger charge is 2.44. The van der Waals surface area contributed by atoms with Crippen molar-refractivity contribution in [3.8, 4) is 0 Å². The lowest BCUT2D eigenvalue weighted by molar-refractivity contribution is -0.0741. The van der Waals surface area contributed by atoms with Gasteiger partial charge < -0.3 is 9.64 Å². The van der Waals surface area contributed by atoms with Gasteiger partial charge >= 0.3 is 6.09 Å². The normalized spacial score (nSPS) is 25.9. The summed E-state index contributed by atoms with van der Waals surface area (Å²) in [6, 6.07) is 12.1.